The summed E-state index contributed by atoms with van der Waals surface area (Å²) in [5.41, 5.74) is 1.01. The van der Waals surface area contributed by atoms with Gasteiger partial charge in [0.15, 0.2) is 0 Å². The predicted molar refractivity (Wildman–Crippen MR) is 93.5 cm³/mol. The van der Waals surface area contributed by atoms with Gasteiger partial charge in [0.1, 0.15) is 0 Å². The van der Waals surface area contributed by atoms with Crippen LogP contribution in [0.15, 0.2) is 53.4 Å². The van der Waals surface area contributed by atoms with Crippen molar-refractivity contribution < 1.29 is 13.5 Å². The molecule has 2 rings (SSSR count). The number of benzene rings is 2. The number of anilines is 1. The summed E-state index contributed by atoms with van der Waals surface area (Å²) in [4.78, 5) is 0.150. The average Bonchev–Trinajstić information content (AvgIpc) is 2.55. The summed E-state index contributed by atoms with van der Waals surface area (Å²) in [5.74, 6) is 0. The van der Waals surface area contributed by atoms with Crippen LogP contribution in [0.5, 0.6) is 0 Å². The highest BCUT2D eigenvalue weighted by Gasteiger charge is 2.28. The SMILES string of the molecule is CCC(O)CN(c1ccccc1)S(=O)(=O)c1cccc(Cl)c1C. The topological polar surface area (TPSA) is 57.6 Å². The lowest BCUT2D eigenvalue weighted by Gasteiger charge is -2.27. The fourth-order valence-electron chi connectivity index (χ4n) is 2.24. The van der Waals surface area contributed by atoms with Gasteiger partial charge in [0.25, 0.3) is 10.0 Å². The number of hydrogen-bond donors (Lipinski definition) is 1. The zero-order chi connectivity index (χ0) is 17.0. The minimum atomic E-state index is -3.82. The van der Waals surface area contributed by atoms with Gasteiger partial charge < -0.3 is 5.11 Å². The van der Waals surface area contributed by atoms with Crippen LogP contribution >= 0.6 is 11.6 Å². The molecule has 0 aromatic heterocycles. The Morgan fingerprint density at radius 3 is 2.39 bits per heavy atom. The Hall–Kier alpha value is -1.56. The number of hydrogen-bond acceptors (Lipinski definition) is 3. The van der Waals surface area contributed by atoms with Crippen LogP contribution in [-0.2, 0) is 10.0 Å². The maximum absolute atomic E-state index is 13.1. The van der Waals surface area contributed by atoms with Crippen molar-refractivity contribution in [3.8, 4) is 0 Å². The Balaban J connectivity index is 2.55. The van der Waals surface area contributed by atoms with Crippen molar-refractivity contribution in [1.82, 2.24) is 0 Å². The van der Waals surface area contributed by atoms with E-state index >= 15 is 0 Å². The molecule has 0 saturated carbocycles. The van der Waals surface area contributed by atoms with E-state index in [0.717, 1.165) is 0 Å². The number of halogens is 1. The fraction of sp³-hybridized carbons (Fsp3) is 0.294. The molecule has 0 amide bonds. The van der Waals surface area contributed by atoms with Gasteiger partial charge in [-0.15, -0.1) is 0 Å². The van der Waals surface area contributed by atoms with Gasteiger partial charge in [0, 0.05) is 5.02 Å². The van der Waals surface area contributed by atoms with E-state index in [4.69, 9.17) is 11.6 Å². The van der Waals surface area contributed by atoms with Crippen LogP contribution < -0.4 is 4.31 Å². The number of aliphatic hydroxyl groups excluding tert-OH is 1. The first-order chi connectivity index (χ1) is 10.9. The van der Waals surface area contributed by atoms with Gasteiger partial charge in [-0.1, -0.05) is 42.8 Å². The fourth-order valence-corrected chi connectivity index (χ4v) is 4.23. The second kappa shape index (κ2) is 7.34. The van der Waals surface area contributed by atoms with Gasteiger partial charge in [-0.3, -0.25) is 4.31 Å². The highest BCUT2D eigenvalue weighted by atomic mass is 35.5. The van der Waals surface area contributed by atoms with E-state index in [1.807, 2.05) is 13.0 Å². The van der Waals surface area contributed by atoms with Crippen LogP contribution in [0.25, 0.3) is 0 Å². The van der Waals surface area contributed by atoms with Crippen molar-refractivity contribution in [3.05, 3.63) is 59.1 Å². The maximum atomic E-state index is 13.1. The molecule has 0 aliphatic rings. The molecule has 1 atom stereocenters. The van der Waals surface area contributed by atoms with Crippen LogP contribution in [0, 0.1) is 6.92 Å². The molecule has 1 unspecified atom stereocenters. The molecule has 0 heterocycles. The average molecular weight is 354 g/mol. The first kappa shape index (κ1) is 17.8. The lowest BCUT2D eigenvalue weighted by Crippen LogP contribution is -2.37. The zero-order valence-electron chi connectivity index (χ0n) is 13.1. The van der Waals surface area contributed by atoms with Crippen molar-refractivity contribution in [1.29, 1.82) is 0 Å². The molecule has 0 bridgehead atoms. The summed E-state index contributed by atoms with van der Waals surface area (Å²) in [6.07, 6.45) is -0.280. The molecule has 0 fully saturated rings. The lowest BCUT2D eigenvalue weighted by atomic mass is 10.2. The first-order valence-corrected chi connectivity index (χ1v) is 9.20. The van der Waals surface area contributed by atoms with E-state index < -0.39 is 16.1 Å². The Labute approximate surface area is 142 Å². The van der Waals surface area contributed by atoms with Gasteiger partial charge >= 0.3 is 0 Å². The molecule has 0 spiro atoms. The minimum Gasteiger partial charge on any atom is -0.391 e. The summed E-state index contributed by atoms with van der Waals surface area (Å²) < 4.78 is 27.5. The zero-order valence-corrected chi connectivity index (χ0v) is 14.7. The van der Waals surface area contributed by atoms with Crippen molar-refractivity contribution in [3.63, 3.8) is 0 Å². The first-order valence-electron chi connectivity index (χ1n) is 7.39. The van der Waals surface area contributed by atoms with Gasteiger partial charge in [-0.25, -0.2) is 8.42 Å². The normalized spacial score (nSPS) is 12.9. The van der Waals surface area contributed by atoms with E-state index in [1.54, 1.807) is 43.3 Å². The third kappa shape index (κ3) is 3.86. The number of sulfonamides is 1. The number of nitrogens with zero attached hydrogens (tertiary/aromatic N) is 1. The maximum Gasteiger partial charge on any atom is 0.264 e. The number of aliphatic hydroxyl groups is 1. The van der Waals surface area contributed by atoms with Crippen LogP contribution in [0.3, 0.4) is 0 Å². The molecule has 0 aliphatic heterocycles. The van der Waals surface area contributed by atoms with Crippen LogP contribution in [0.2, 0.25) is 5.02 Å². The molecule has 2 aromatic rings. The Kier molecular flexibility index (Phi) is 5.68. The van der Waals surface area contributed by atoms with Crippen molar-refractivity contribution in [2.75, 3.05) is 10.8 Å². The molecule has 4 nitrogen and oxygen atoms in total. The molecule has 1 N–H and O–H groups in total. The van der Waals surface area contributed by atoms with Crippen molar-refractivity contribution in [2.45, 2.75) is 31.3 Å². The molecule has 6 heteroatoms. The third-order valence-corrected chi connectivity index (χ3v) is 6.03. The molecule has 0 radical (unpaired) electrons. The molecular weight excluding hydrogens is 334 g/mol. The van der Waals surface area contributed by atoms with Crippen LogP contribution in [0.1, 0.15) is 18.9 Å². The predicted octanol–water partition coefficient (Wildman–Crippen LogP) is 3.61. The molecular formula is C17H20ClNO3S. The Morgan fingerprint density at radius 1 is 1.13 bits per heavy atom. The molecule has 0 saturated heterocycles. The van der Waals surface area contributed by atoms with E-state index in [0.29, 0.717) is 22.7 Å². The number of rotatable bonds is 6. The van der Waals surface area contributed by atoms with Gasteiger partial charge in [-0.05, 0) is 43.2 Å². The Bertz CT molecular complexity index is 763. The molecule has 2 aromatic carbocycles. The van der Waals surface area contributed by atoms with Gasteiger partial charge in [-0.2, -0.15) is 0 Å². The lowest BCUT2D eigenvalue weighted by molar-refractivity contribution is 0.179. The van der Waals surface area contributed by atoms with E-state index in [1.165, 1.54) is 10.4 Å². The van der Waals surface area contributed by atoms with E-state index in [9.17, 15) is 13.5 Å². The largest absolute Gasteiger partial charge is 0.391 e. The second-order valence-electron chi connectivity index (χ2n) is 5.30. The van der Waals surface area contributed by atoms with Gasteiger partial charge in [0.05, 0.1) is 23.2 Å². The van der Waals surface area contributed by atoms with Crippen molar-refractivity contribution in [2.24, 2.45) is 0 Å². The summed E-state index contributed by atoms with van der Waals surface area (Å²) >= 11 is 6.07. The second-order valence-corrected chi connectivity index (χ2v) is 7.53. The summed E-state index contributed by atoms with van der Waals surface area (Å²) in [6, 6.07) is 13.6. The highest BCUT2D eigenvalue weighted by molar-refractivity contribution is 7.92. The summed E-state index contributed by atoms with van der Waals surface area (Å²) in [5, 5.41) is 10.4. The van der Waals surface area contributed by atoms with Crippen LogP contribution in [0.4, 0.5) is 5.69 Å². The van der Waals surface area contributed by atoms with E-state index in [-0.39, 0.29) is 11.4 Å². The summed E-state index contributed by atoms with van der Waals surface area (Å²) in [6.45, 7) is 3.48. The highest BCUT2D eigenvalue weighted by Crippen LogP contribution is 2.29. The number of para-hydroxylation sites is 1. The quantitative estimate of drug-likeness (QED) is 0.863. The van der Waals surface area contributed by atoms with Crippen molar-refractivity contribution >= 4 is 27.3 Å². The molecule has 124 valence electrons. The summed E-state index contributed by atoms with van der Waals surface area (Å²) in [7, 11) is -3.82. The Morgan fingerprint density at radius 2 is 1.78 bits per heavy atom. The minimum absolute atomic E-state index is 0.00516. The molecule has 23 heavy (non-hydrogen) atoms. The van der Waals surface area contributed by atoms with Crippen LogP contribution in [-0.4, -0.2) is 26.2 Å². The third-order valence-electron chi connectivity index (χ3n) is 3.68. The molecule has 0 aliphatic carbocycles. The van der Waals surface area contributed by atoms with Gasteiger partial charge in [0.2, 0.25) is 0 Å². The van der Waals surface area contributed by atoms with E-state index in [2.05, 4.69) is 0 Å². The standard InChI is InChI=1S/C17H20ClNO3S/c1-3-15(20)12-19(14-8-5-4-6-9-14)23(21,22)17-11-7-10-16(18)13(17)2/h4-11,15,20H,3,12H2,1-2H3. The smallest absolute Gasteiger partial charge is 0.264 e. The monoisotopic (exact) mass is 353 g/mol.